The van der Waals surface area contributed by atoms with E-state index < -0.39 is 0 Å². The van der Waals surface area contributed by atoms with Crippen molar-refractivity contribution in [2.24, 2.45) is 5.92 Å². The van der Waals surface area contributed by atoms with Crippen LogP contribution in [0, 0.1) is 11.7 Å². The summed E-state index contributed by atoms with van der Waals surface area (Å²) < 4.78 is 18.4. The molecule has 1 aromatic heterocycles. The van der Waals surface area contributed by atoms with E-state index in [1.807, 2.05) is 12.1 Å². The Bertz CT molecular complexity index is 760. The molecular formula is C19H20FN3O2. The number of nitrogens with zero attached hydrogens (tertiary/aromatic N) is 2. The van der Waals surface area contributed by atoms with Crippen molar-refractivity contribution >= 4 is 17.4 Å². The summed E-state index contributed by atoms with van der Waals surface area (Å²) in [5, 5.41) is 3.02. The number of carbonyl (C=O) groups is 1. The third-order valence-corrected chi connectivity index (χ3v) is 4.78. The van der Waals surface area contributed by atoms with E-state index in [1.54, 1.807) is 18.3 Å². The molecule has 2 heterocycles. The van der Waals surface area contributed by atoms with Crippen molar-refractivity contribution in [3.63, 3.8) is 0 Å². The van der Waals surface area contributed by atoms with Crippen LogP contribution >= 0.6 is 0 Å². The van der Waals surface area contributed by atoms with Gasteiger partial charge < -0.3 is 15.0 Å². The maximum absolute atomic E-state index is 13.0. The Balaban J connectivity index is 1.44. The second-order valence-corrected chi connectivity index (χ2v) is 6.46. The normalized spacial score (nSPS) is 22.5. The second-order valence-electron chi connectivity index (χ2n) is 6.46. The van der Waals surface area contributed by atoms with Crippen LogP contribution in [0.4, 0.5) is 15.9 Å². The highest BCUT2D eigenvalue weighted by molar-refractivity contribution is 5.97. The topological polar surface area (TPSA) is 54.5 Å². The van der Waals surface area contributed by atoms with Crippen LogP contribution in [0.1, 0.15) is 17.9 Å². The molecule has 2 atom stereocenters. The predicted octanol–water partition coefficient (Wildman–Crippen LogP) is 2.80. The first-order valence-corrected chi connectivity index (χ1v) is 8.56. The molecule has 5 nitrogen and oxygen atoms in total. The number of nitrogens with one attached hydrogen (secondary N) is 1. The summed E-state index contributed by atoms with van der Waals surface area (Å²) in [6.45, 7) is 2.86. The Labute approximate surface area is 145 Å². The van der Waals surface area contributed by atoms with Gasteiger partial charge in [0.25, 0.3) is 0 Å². The number of anilines is 2. The molecule has 0 bridgehead atoms. The van der Waals surface area contributed by atoms with Crippen molar-refractivity contribution < 1.29 is 13.9 Å². The van der Waals surface area contributed by atoms with Crippen molar-refractivity contribution in [3.05, 3.63) is 54.0 Å². The van der Waals surface area contributed by atoms with Gasteiger partial charge in [0.15, 0.2) is 5.82 Å². The van der Waals surface area contributed by atoms with Crippen LogP contribution in [-0.2, 0) is 9.53 Å². The van der Waals surface area contributed by atoms with E-state index in [0.29, 0.717) is 13.2 Å². The van der Waals surface area contributed by atoms with Gasteiger partial charge in [-0.1, -0.05) is 12.1 Å². The Morgan fingerprint density at radius 2 is 1.96 bits per heavy atom. The van der Waals surface area contributed by atoms with E-state index >= 15 is 0 Å². The maximum Gasteiger partial charge on any atom is 0.228 e. The number of halogens is 1. The van der Waals surface area contributed by atoms with E-state index in [1.165, 1.54) is 12.1 Å². The number of aromatic nitrogens is 1. The monoisotopic (exact) mass is 341 g/mol. The molecule has 0 radical (unpaired) electrons. The fourth-order valence-electron chi connectivity index (χ4n) is 3.31. The van der Waals surface area contributed by atoms with Crippen LogP contribution < -0.4 is 10.2 Å². The quantitative estimate of drug-likeness (QED) is 0.929. The third-order valence-electron chi connectivity index (χ3n) is 4.78. The summed E-state index contributed by atoms with van der Waals surface area (Å²) >= 11 is 0. The van der Waals surface area contributed by atoms with Crippen LogP contribution in [0.2, 0.25) is 0 Å². The zero-order valence-electron chi connectivity index (χ0n) is 13.8. The molecule has 1 aromatic carbocycles. The summed E-state index contributed by atoms with van der Waals surface area (Å²) in [7, 11) is 0. The molecule has 25 heavy (non-hydrogen) atoms. The van der Waals surface area contributed by atoms with Gasteiger partial charge in [0, 0.05) is 25.2 Å². The van der Waals surface area contributed by atoms with Crippen molar-refractivity contribution in [1.29, 1.82) is 0 Å². The zero-order chi connectivity index (χ0) is 17.2. The van der Waals surface area contributed by atoms with E-state index in [-0.39, 0.29) is 23.6 Å². The van der Waals surface area contributed by atoms with Crippen molar-refractivity contribution in [1.82, 2.24) is 4.98 Å². The molecule has 0 unspecified atom stereocenters. The van der Waals surface area contributed by atoms with Crippen LogP contribution in [0.3, 0.4) is 0 Å². The number of morpholine rings is 1. The van der Waals surface area contributed by atoms with Crippen LogP contribution in [0.15, 0.2) is 42.6 Å². The summed E-state index contributed by atoms with van der Waals surface area (Å²) in [5.41, 5.74) is 1.75. The van der Waals surface area contributed by atoms with Crippen molar-refractivity contribution in [3.8, 4) is 0 Å². The molecule has 2 aliphatic rings. The Kier molecular flexibility index (Phi) is 4.36. The van der Waals surface area contributed by atoms with Gasteiger partial charge in [0.05, 0.1) is 18.9 Å². The lowest BCUT2D eigenvalue weighted by Gasteiger charge is -2.29. The van der Waals surface area contributed by atoms with Gasteiger partial charge >= 0.3 is 0 Å². The fraction of sp³-hybridized carbons (Fsp3) is 0.368. The highest BCUT2D eigenvalue weighted by atomic mass is 19.1. The number of pyridine rings is 1. The van der Waals surface area contributed by atoms with Gasteiger partial charge in [-0.15, -0.1) is 0 Å². The molecule has 6 heteroatoms. The van der Waals surface area contributed by atoms with E-state index in [0.717, 1.165) is 36.6 Å². The molecule has 1 saturated heterocycles. The average molecular weight is 341 g/mol. The number of amides is 1. The largest absolute Gasteiger partial charge is 0.378 e. The molecule has 130 valence electrons. The second kappa shape index (κ2) is 6.80. The first-order chi connectivity index (χ1) is 12.2. The predicted molar refractivity (Wildman–Crippen MR) is 93.1 cm³/mol. The van der Waals surface area contributed by atoms with Gasteiger partial charge in [-0.2, -0.15) is 0 Å². The molecule has 1 aliphatic carbocycles. The van der Waals surface area contributed by atoms with Gasteiger partial charge in [-0.3, -0.25) is 4.79 Å². The molecule has 1 N–H and O–H groups in total. The Hall–Kier alpha value is -2.47. The number of hydrogen-bond donors (Lipinski definition) is 1. The minimum Gasteiger partial charge on any atom is -0.378 e. The van der Waals surface area contributed by atoms with Gasteiger partial charge in [-0.25, -0.2) is 9.37 Å². The molecule has 2 fully saturated rings. The van der Waals surface area contributed by atoms with Crippen LogP contribution in [0.5, 0.6) is 0 Å². The molecule has 2 aromatic rings. The summed E-state index contributed by atoms with van der Waals surface area (Å²) in [6, 6.07) is 10.1. The van der Waals surface area contributed by atoms with Crippen LogP contribution in [0.25, 0.3) is 0 Å². The lowest BCUT2D eigenvalue weighted by Crippen LogP contribution is -2.37. The summed E-state index contributed by atoms with van der Waals surface area (Å²) in [4.78, 5) is 19.2. The minimum atomic E-state index is -0.254. The smallest absolute Gasteiger partial charge is 0.228 e. The fourth-order valence-corrected chi connectivity index (χ4v) is 3.31. The summed E-state index contributed by atoms with van der Waals surface area (Å²) in [5.74, 6) is 0.637. The Morgan fingerprint density at radius 1 is 1.20 bits per heavy atom. The zero-order valence-corrected chi connectivity index (χ0v) is 13.8. The maximum atomic E-state index is 13.0. The van der Waals surface area contributed by atoms with Crippen LogP contribution in [-0.4, -0.2) is 37.2 Å². The number of ether oxygens (including phenoxy) is 1. The number of rotatable bonds is 4. The standard InChI is InChI=1S/C19H20FN3O2/c20-14-5-3-13(4-6-14)15-12-16(15)19(24)22-17-2-1-7-21-18(17)23-8-10-25-11-9-23/h1-7,15-16H,8-12H2,(H,22,24)/t15-,16-/m0/s1. The molecule has 0 spiro atoms. The molecule has 1 saturated carbocycles. The van der Waals surface area contributed by atoms with E-state index in [4.69, 9.17) is 4.74 Å². The third kappa shape index (κ3) is 3.49. The highest BCUT2D eigenvalue weighted by Crippen LogP contribution is 2.48. The summed E-state index contributed by atoms with van der Waals surface area (Å²) in [6.07, 6.45) is 2.53. The average Bonchev–Trinajstić information content (AvgIpc) is 3.44. The molecule has 1 amide bonds. The molecular weight excluding hydrogens is 321 g/mol. The Morgan fingerprint density at radius 3 is 2.72 bits per heavy atom. The lowest BCUT2D eigenvalue weighted by atomic mass is 10.1. The number of hydrogen-bond acceptors (Lipinski definition) is 4. The number of benzene rings is 1. The highest BCUT2D eigenvalue weighted by Gasteiger charge is 2.44. The lowest BCUT2D eigenvalue weighted by molar-refractivity contribution is -0.117. The first kappa shape index (κ1) is 16.0. The van der Waals surface area contributed by atoms with Gasteiger partial charge in [-0.05, 0) is 42.2 Å². The van der Waals surface area contributed by atoms with E-state index in [9.17, 15) is 9.18 Å². The number of carbonyl (C=O) groups excluding carboxylic acids is 1. The molecule has 4 rings (SSSR count). The SMILES string of the molecule is O=C(Nc1cccnc1N1CCOCC1)[C@H]1C[C@H]1c1ccc(F)cc1. The minimum absolute atomic E-state index is 0.00293. The van der Waals surface area contributed by atoms with Gasteiger partial charge in [0.1, 0.15) is 5.82 Å². The molecule has 1 aliphatic heterocycles. The van der Waals surface area contributed by atoms with Crippen molar-refractivity contribution in [2.45, 2.75) is 12.3 Å². The van der Waals surface area contributed by atoms with E-state index in [2.05, 4.69) is 15.2 Å². The van der Waals surface area contributed by atoms with Gasteiger partial charge in [0.2, 0.25) is 5.91 Å². The first-order valence-electron chi connectivity index (χ1n) is 8.56. The van der Waals surface area contributed by atoms with Crippen molar-refractivity contribution in [2.75, 3.05) is 36.5 Å².